The third kappa shape index (κ3) is 57.7. The van der Waals surface area contributed by atoms with E-state index in [9.17, 15) is 19.8 Å². The number of hydrogen-bond donors (Lipinski definition) is 3. The number of ether oxygens (including phenoxy) is 1. The van der Waals surface area contributed by atoms with E-state index in [1.807, 2.05) is 0 Å². The second kappa shape index (κ2) is 61.1. The molecule has 71 heavy (non-hydrogen) atoms. The highest BCUT2D eigenvalue weighted by Gasteiger charge is 2.20. The van der Waals surface area contributed by atoms with Gasteiger partial charge in [-0.05, 0) is 51.4 Å². The van der Waals surface area contributed by atoms with Crippen molar-refractivity contribution in [3.8, 4) is 0 Å². The first-order valence-electron chi connectivity index (χ1n) is 32.4. The van der Waals surface area contributed by atoms with Gasteiger partial charge in [0.15, 0.2) is 0 Å². The number of carbonyl (C=O) groups excluding carboxylic acids is 2. The van der Waals surface area contributed by atoms with Crippen molar-refractivity contribution >= 4 is 11.9 Å². The number of allylic oxidation sites excluding steroid dienone is 2. The van der Waals surface area contributed by atoms with E-state index in [1.54, 1.807) is 0 Å². The Hall–Kier alpha value is -1.40. The van der Waals surface area contributed by atoms with Crippen molar-refractivity contribution in [2.45, 2.75) is 379 Å². The molecule has 2 atom stereocenters. The van der Waals surface area contributed by atoms with E-state index in [-0.39, 0.29) is 18.5 Å². The summed E-state index contributed by atoms with van der Waals surface area (Å²) in [5.74, 6) is -0.0245. The Morgan fingerprint density at radius 2 is 0.662 bits per heavy atom. The van der Waals surface area contributed by atoms with Crippen LogP contribution in [0.5, 0.6) is 0 Å². The molecule has 0 aliphatic rings. The summed E-state index contributed by atoms with van der Waals surface area (Å²) in [6.45, 7) is 4.98. The second-order valence-corrected chi connectivity index (χ2v) is 22.5. The zero-order valence-electron chi connectivity index (χ0n) is 48.2. The van der Waals surface area contributed by atoms with Gasteiger partial charge < -0.3 is 20.3 Å². The molecule has 0 heterocycles. The van der Waals surface area contributed by atoms with E-state index >= 15 is 0 Å². The average molecular weight is 1000 g/mol. The molecule has 0 bridgehead atoms. The van der Waals surface area contributed by atoms with Crippen molar-refractivity contribution in [1.29, 1.82) is 0 Å². The molecule has 0 aromatic rings. The largest absolute Gasteiger partial charge is 0.466 e. The van der Waals surface area contributed by atoms with Crippen LogP contribution < -0.4 is 5.32 Å². The highest BCUT2D eigenvalue weighted by molar-refractivity contribution is 5.76. The molecule has 0 fully saturated rings. The van der Waals surface area contributed by atoms with Gasteiger partial charge in [0.25, 0.3) is 0 Å². The molecule has 3 N–H and O–H groups in total. The topological polar surface area (TPSA) is 95.9 Å². The Bertz CT molecular complexity index is 1060. The summed E-state index contributed by atoms with van der Waals surface area (Å²) in [6.07, 6.45) is 73.7. The lowest BCUT2D eigenvalue weighted by molar-refractivity contribution is -0.143. The van der Waals surface area contributed by atoms with Crippen LogP contribution in [0.2, 0.25) is 0 Å². The third-order valence-electron chi connectivity index (χ3n) is 15.3. The number of rotatable bonds is 61. The van der Waals surface area contributed by atoms with Gasteiger partial charge in [-0.1, -0.05) is 315 Å². The number of carbonyl (C=O) groups is 2. The minimum Gasteiger partial charge on any atom is -0.466 e. The van der Waals surface area contributed by atoms with Crippen molar-refractivity contribution in [1.82, 2.24) is 5.32 Å². The number of nitrogens with one attached hydrogen (secondary N) is 1. The number of aliphatic hydroxyl groups is 2. The van der Waals surface area contributed by atoms with Crippen LogP contribution in [0.3, 0.4) is 0 Å². The lowest BCUT2D eigenvalue weighted by atomic mass is 10.0. The highest BCUT2D eigenvalue weighted by atomic mass is 16.5. The Kier molecular flexibility index (Phi) is 59.9. The molecule has 2 unspecified atom stereocenters. The van der Waals surface area contributed by atoms with Gasteiger partial charge in [0.1, 0.15) is 0 Å². The summed E-state index contributed by atoms with van der Waals surface area (Å²) in [5.41, 5.74) is 0. The lowest BCUT2D eigenvalue weighted by Crippen LogP contribution is -2.45. The SMILES string of the molecule is CCCCCCCCCCCCCCCCCCCC(=O)OCCCCCCCCCCCCC/C=C\CCCCCCCCCC(=O)NC(CO)C(O)CCCCCCCCCCCCCCCCC. The minimum atomic E-state index is -0.668. The molecular formula is C65H127NO5. The van der Waals surface area contributed by atoms with Crippen LogP contribution in [-0.2, 0) is 14.3 Å². The standard InChI is InChI=1S/C65H127NO5/c1-3-5-7-9-11-13-15-17-19-26-31-35-39-43-47-51-55-59-65(70)71-60-56-52-48-44-40-36-32-28-25-23-21-20-22-24-27-30-34-38-42-46-50-54-58-64(69)66-62(61-67)63(68)57-53-49-45-41-37-33-29-18-16-14-12-10-8-6-4-2/h22,24,62-63,67-68H,3-21,23,25-61H2,1-2H3,(H,66,69)/b24-22-. The van der Waals surface area contributed by atoms with Crippen molar-refractivity contribution in [2.24, 2.45) is 0 Å². The zero-order valence-corrected chi connectivity index (χ0v) is 48.2. The lowest BCUT2D eigenvalue weighted by Gasteiger charge is -2.22. The Balaban J connectivity index is 3.39. The van der Waals surface area contributed by atoms with Crippen LogP contribution in [-0.4, -0.2) is 47.4 Å². The predicted molar refractivity (Wildman–Crippen MR) is 310 cm³/mol. The number of amides is 1. The van der Waals surface area contributed by atoms with E-state index < -0.39 is 12.1 Å². The molecule has 0 spiro atoms. The first kappa shape index (κ1) is 69.6. The maximum atomic E-state index is 12.5. The highest BCUT2D eigenvalue weighted by Crippen LogP contribution is 2.18. The van der Waals surface area contributed by atoms with Gasteiger partial charge >= 0.3 is 5.97 Å². The normalized spacial score (nSPS) is 12.6. The third-order valence-corrected chi connectivity index (χ3v) is 15.3. The fourth-order valence-corrected chi connectivity index (χ4v) is 10.3. The molecule has 0 radical (unpaired) electrons. The molecule has 0 aromatic carbocycles. The molecule has 0 aliphatic heterocycles. The molecule has 0 aliphatic carbocycles. The van der Waals surface area contributed by atoms with Crippen LogP contribution in [0.25, 0.3) is 0 Å². The first-order chi connectivity index (χ1) is 35.0. The summed E-state index contributed by atoms with van der Waals surface area (Å²) < 4.78 is 5.50. The monoisotopic (exact) mass is 1000 g/mol. The Labute approximate surface area is 444 Å². The van der Waals surface area contributed by atoms with Crippen LogP contribution in [0, 0.1) is 0 Å². The van der Waals surface area contributed by atoms with E-state index in [1.165, 1.54) is 295 Å². The summed E-state index contributed by atoms with van der Waals surface area (Å²) in [5, 5.41) is 23.3. The van der Waals surface area contributed by atoms with E-state index in [0.717, 1.165) is 38.5 Å². The number of unbranched alkanes of at least 4 members (excludes halogenated alkanes) is 48. The molecule has 6 nitrogen and oxygen atoms in total. The van der Waals surface area contributed by atoms with E-state index in [0.29, 0.717) is 25.9 Å². The number of hydrogen-bond acceptors (Lipinski definition) is 5. The summed E-state index contributed by atoms with van der Waals surface area (Å²) in [4.78, 5) is 24.6. The Morgan fingerprint density at radius 1 is 0.380 bits per heavy atom. The smallest absolute Gasteiger partial charge is 0.305 e. The molecule has 422 valence electrons. The minimum absolute atomic E-state index is 0.0148. The van der Waals surface area contributed by atoms with Crippen LogP contribution in [0.1, 0.15) is 367 Å². The summed E-state index contributed by atoms with van der Waals surface area (Å²) in [6, 6.07) is -0.546. The van der Waals surface area contributed by atoms with Gasteiger partial charge in [-0.3, -0.25) is 9.59 Å². The van der Waals surface area contributed by atoms with Gasteiger partial charge in [-0.2, -0.15) is 0 Å². The fraction of sp³-hybridized carbons (Fsp3) is 0.938. The van der Waals surface area contributed by atoms with Gasteiger partial charge in [0, 0.05) is 12.8 Å². The molecule has 6 heteroatoms. The van der Waals surface area contributed by atoms with Gasteiger partial charge in [-0.25, -0.2) is 0 Å². The average Bonchev–Trinajstić information content (AvgIpc) is 3.37. The fourth-order valence-electron chi connectivity index (χ4n) is 10.3. The van der Waals surface area contributed by atoms with Crippen molar-refractivity contribution in [3.63, 3.8) is 0 Å². The van der Waals surface area contributed by atoms with Crippen molar-refractivity contribution < 1.29 is 24.5 Å². The number of aliphatic hydroxyl groups excluding tert-OH is 2. The molecule has 0 rings (SSSR count). The molecule has 1 amide bonds. The van der Waals surface area contributed by atoms with E-state index in [4.69, 9.17) is 4.74 Å². The van der Waals surface area contributed by atoms with E-state index in [2.05, 4.69) is 31.3 Å². The van der Waals surface area contributed by atoms with Gasteiger partial charge in [0.2, 0.25) is 5.91 Å². The van der Waals surface area contributed by atoms with Crippen LogP contribution in [0.4, 0.5) is 0 Å². The predicted octanol–water partition coefficient (Wildman–Crippen LogP) is 20.4. The quantitative estimate of drug-likeness (QED) is 0.0320. The number of esters is 1. The molecule has 0 saturated carbocycles. The second-order valence-electron chi connectivity index (χ2n) is 22.5. The molecule has 0 aromatic heterocycles. The maximum Gasteiger partial charge on any atom is 0.305 e. The van der Waals surface area contributed by atoms with Crippen LogP contribution in [0.15, 0.2) is 12.2 Å². The molecular weight excluding hydrogens is 875 g/mol. The summed E-state index contributed by atoms with van der Waals surface area (Å²) >= 11 is 0. The maximum absolute atomic E-state index is 12.5. The summed E-state index contributed by atoms with van der Waals surface area (Å²) in [7, 11) is 0. The van der Waals surface area contributed by atoms with Crippen LogP contribution >= 0.6 is 0 Å². The van der Waals surface area contributed by atoms with Gasteiger partial charge in [0.05, 0.1) is 25.4 Å². The first-order valence-corrected chi connectivity index (χ1v) is 32.4. The van der Waals surface area contributed by atoms with Crippen molar-refractivity contribution in [3.05, 3.63) is 12.2 Å². The van der Waals surface area contributed by atoms with Gasteiger partial charge in [-0.15, -0.1) is 0 Å². The Morgan fingerprint density at radius 3 is 1.00 bits per heavy atom. The van der Waals surface area contributed by atoms with Crippen molar-refractivity contribution in [2.75, 3.05) is 13.2 Å². The zero-order chi connectivity index (χ0) is 51.4. The molecule has 0 saturated heterocycles.